The number of para-hydroxylation sites is 1. The van der Waals surface area contributed by atoms with Gasteiger partial charge in [-0.25, -0.2) is 9.97 Å². The number of Topliss-reactive ketones (excluding diaryl/α,β-unsaturated/α-hetero) is 1. The van der Waals surface area contributed by atoms with E-state index < -0.39 is 0 Å². The van der Waals surface area contributed by atoms with Crippen molar-refractivity contribution in [2.75, 3.05) is 5.32 Å². The molecule has 28 heavy (non-hydrogen) atoms. The number of thiazole rings is 1. The van der Waals surface area contributed by atoms with Gasteiger partial charge in [-0.15, -0.1) is 11.3 Å². The molecule has 0 bridgehead atoms. The molecule has 4 aromatic rings. The van der Waals surface area contributed by atoms with Crippen LogP contribution in [-0.2, 0) is 11.3 Å². The lowest BCUT2D eigenvalue weighted by Gasteiger charge is -2.21. The number of imidazole rings is 1. The Balaban J connectivity index is 1.46. The molecule has 7 nitrogen and oxygen atoms in total. The highest BCUT2D eigenvalue weighted by Crippen LogP contribution is 2.30. The van der Waals surface area contributed by atoms with Crippen molar-refractivity contribution in [1.29, 1.82) is 0 Å². The number of hydrogen-bond donors (Lipinski definition) is 1. The minimum Gasteiger partial charge on any atom is -0.362 e. The molecule has 9 heteroatoms. The van der Waals surface area contributed by atoms with Crippen LogP contribution in [0.4, 0.5) is 5.82 Å². The second-order valence-corrected chi connectivity index (χ2v) is 8.28. The van der Waals surface area contributed by atoms with Crippen LogP contribution in [0.2, 0.25) is 5.28 Å². The van der Waals surface area contributed by atoms with Gasteiger partial charge in [-0.2, -0.15) is 9.97 Å². The monoisotopic (exact) mass is 412 g/mol. The van der Waals surface area contributed by atoms with Gasteiger partial charge < -0.3 is 9.88 Å². The van der Waals surface area contributed by atoms with Crippen LogP contribution in [0, 0.1) is 0 Å². The maximum absolute atomic E-state index is 12.4. The molecule has 1 aliphatic carbocycles. The number of carbonyl (C=O) groups is 1. The van der Waals surface area contributed by atoms with Gasteiger partial charge in [-0.05, 0) is 36.6 Å². The summed E-state index contributed by atoms with van der Waals surface area (Å²) < 4.78 is 2.98. The van der Waals surface area contributed by atoms with Gasteiger partial charge in [0, 0.05) is 6.42 Å². The number of benzene rings is 1. The largest absolute Gasteiger partial charge is 0.362 e. The highest BCUT2D eigenvalue weighted by Gasteiger charge is 2.26. The lowest BCUT2D eigenvalue weighted by Crippen LogP contribution is -2.22. The van der Waals surface area contributed by atoms with Crippen LogP contribution >= 0.6 is 22.9 Å². The predicted octanol–water partition coefficient (Wildman–Crippen LogP) is 4.39. The SMILES string of the molecule is O=C1CCCCC1n1cnc2c(NCc3nc4ccccc4s3)nc(Cl)nc21. The number of halogens is 1. The van der Waals surface area contributed by atoms with Crippen LogP contribution in [0.5, 0.6) is 0 Å². The lowest BCUT2D eigenvalue weighted by atomic mass is 9.94. The van der Waals surface area contributed by atoms with Crippen molar-refractivity contribution >= 4 is 55.9 Å². The zero-order chi connectivity index (χ0) is 19.1. The molecule has 1 aromatic carbocycles. The molecule has 1 unspecified atom stereocenters. The van der Waals surface area contributed by atoms with E-state index in [1.165, 1.54) is 0 Å². The van der Waals surface area contributed by atoms with Gasteiger partial charge in [-0.3, -0.25) is 4.79 Å². The summed E-state index contributed by atoms with van der Waals surface area (Å²) in [5, 5.41) is 4.36. The van der Waals surface area contributed by atoms with E-state index in [1.807, 2.05) is 22.8 Å². The molecule has 1 aliphatic rings. The van der Waals surface area contributed by atoms with Crippen molar-refractivity contribution in [2.45, 2.75) is 38.3 Å². The first-order chi connectivity index (χ1) is 13.7. The smallest absolute Gasteiger partial charge is 0.226 e. The van der Waals surface area contributed by atoms with Crippen LogP contribution < -0.4 is 5.32 Å². The number of hydrogen-bond acceptors (Lipinski definition) is 7. The summed E-state index contributed by atoms with van der Waals surface area (Å²) in [5.74, 6) is 0.778. The second kappa shape index (κ2) is 7.10. The van der Waals surface area contributed by atoms with Crippen molar-refractivity contribution < 1.29 is 4.79 Å². The maximum Gasteiger partial charge on any atom is 0.226 e. The van der Waals surface area contributed by atoms with E-state index in [-0.39, 0.29) is 17.1 Å². The van der Waals surface area contributed by atoms with Crippen LogP contribution in [0.3, 0.4) is 0 Å². The van der Waals surface area contributed by atoms with Crippen molar-refractivity contribution in [1.82, 2.24) is 24.5 Å². The van der Waals surface area contributed by atoms with Gasteiger partial charge in [0.15, 0.2) is 22.8 Å². The number of nitrogens with zero attached hydrogens (tertiary/aromatic N) is 5. The summed E-state index contributed by atoms with van der Waals surface area (Å²) in [7, 11) is 0. The predicted molar refractivity (Wildman–Crippen MR) is 110 cm³/mol. The number of ketones is 1. The maximum atomic E-state index is 12.4. The zero-order valence-corrected chi connectivity index (χ0v) is 16.5. The molecule has 3 heterocycles. The highest BCUT2D eigenvalue weighted by atomic mass is 35.5. The number of aromatic nitrogens is 5. The van der Waals surface area contributed by atoms with Crippen molar-refractivity contribution in [2.24, 2.45) is 0 Å². The van der Waals surface area contributed by atoms with E-state index in [0.29, 0.717) is 29.9 Å². The van der Waals surface area contributed by atoms with E-state index in [4.69, 9.17) is 11.6 Å². The molecule has 5 rings (SSSR count). The van der Waals surface area contributed by atoms with Gasteiger partial charge in [-0.1, -0.05) is 18.6 Å². The fourth-order valence-corrected chi connectivity index (χ4v) is 4.73. The average Bonchev–Trinajstić information content (AvgIpc) is 3.30. The Morgan fingerprint density at radius 3 is 2.96 bits per heavy atom. The molecule has 0 saturated heterocycles. The summed E-state index contributed by atoms with van der Waals surface area (Å²) in [6.07, 6.45) is 5.06. The first kappa shape index (κ1) is 17.5. The number of rotatable bonds is 4. The second-order valence-electron chi connectivity index (χ2n) is 6.82. The molecule has 0 aliphatic heterocycles. The fourth-order valence-electron chi connectivity index (χ4n) is 3.65. The molecular formula is C19H17ClN6OS. The normalized spacial score (nSPS) is 17.5. The topological polar surface area (TPSA) is 85.6 Å². The van der Waals surface area contributed by atoms with Gasteiger partial charge in [0.2, 0.25) is 5.28 Å². The van der Waals surface area contributed by atoms with Crippen LogP contribution in [-0.4, -0.2) is 30.3 Å². The zero-order valence-electron chi connectivity index (χ0n) is 14.9. The first-order valence-electron chi connectivity index (χ1n) is 9.20. The standard InChI is InChI=1S/C19H17ClN6OS/c20-19-24-17(21-9-15-23-11-5-1-4-8-14(11)28-15)16-18(25-19)26(10-22-16)12-6-2-3-7-13(12)27/h1,4-5,8,10,12H,2-3,6-7,9H2,(H,21,24,25). The summed E-state index contributed by atoms with van der Waals surface area (Å²) in [6.45, 7) is 0.511. The van der Waals surface area contributed by atoms with Crippen LogP contribution in [0.25, 0.3) is 21.4 Å². The van der Waals surface area contributed by atoms with Gasteiger partial charge in [0.1, 0.15) is 5.01 Å². The number of carbonyl (C=O) groups excluding carboxylic acids is 1. The molecule has 1 N–H and O–H groups in total. The summed E-state index contributed by atoms with van der Waals surface area (Å²) >= 11 is 7.81. The molecule has 3 aromatic heterocycles. The summed E-state index contributed by atoms with van der Waals surface area (Å²) in [6, 6.07) is 7.82. The minimum atomic E-state index is -0.221. The third kappa shape index (κ3) is 3.12. The van der Waals surface area contributed by atoms with E-state index in [1.54, 1.807) is 17.7 Å². The molecule has 142 valence electrons. The van der Waals surface area contributed by atoms with E-state index in [0.717, 1.165) is 34.5 Å². The van der Waals surface area contributed by atoms with Crippen LogP contribution in [0.15, 0.2) is 30.6 Å². The average molecular weight is 413 g/mol. The van der Waals surface area contributed by atoms with Crippen molar-refractivity contribution in [3.8, 4) is 0 Å². The Morgan fingerprint density at radius 1 is 1.21 bits per heavy atom. The van der Waals surface area contributed by atoms with E-state index in [9.17, 15) is 4.79 Å². The quantitative estimate of drug-likeness (QED) is 0.500. The Hall–Kier alpha value is -2.58. The Morgan fingerprint density at radius 2 is 2.11 bits per heavy atom. The van der Waals surface area contributed by atoms with Gasteiger partial charge >= 0.3 is 0 Å². The Bertz CT molecular complexity index is 1150. The summed E-state index contributed by atoms with van der Waals surface area (Å²) in [5.41, 5.74) is 2.19. The molecule has 1 saturated carbocycles. The highest BCUT2D eigenvalue weighted by molar-refractivity contribution is 7.18. The first-order valence-corrected chi connectivity index (χ1v) is 10.4. The van der Waals surface area contributed by atoms with Crippen molar-refractivity contribution in [3.63, 3.8) is 0 Å². The van der Waals surface area contributed by atoms with Crippen molar-refractivity contribution in [3.05, 3.63) is 40.9 Å². The number of fused-ring (bicyclic) bond motifs is 2. The third-order valence-electron chi connectivity index (χ3n) is 5.00. The number of anilines is 1. The van der Waals surface area contributed by atoms with E-state index >= 15 is 0 Å². The fraction of sp³-hybridized carbons (Fsp3) is 0.316. The number of nitrogens with one attached hydrogen (secondary N) is 1. The molecule has 0 radical (unpaired) electrons. The molecule has 1 atom stereocenters. The van der Waals surface area contributed by atoms with Crippen LogP contribution in [0.1, 0.15) is 36.7 Å². The Labute approximate surface area is 169 Å². The summed E-state index contributed by atoms with van der Waals surface area (Å²) in [4.78, 5) is 30.1. The Kier molecular flexibility index (Phi) is 4.44. The molecular weight excluding hydrogens is 396 g/mol. The minimum absolute atomic E-state index is 0.129. The van der Waals surface area contributed by atoms with Gasteiger partial charge in [0.05, 0.1) is 29.1 Å². The lowest BCUT2D eigenvalue weighted by molar-refractivity contribution is -0.123. The van der Waals surface area contributed by atoms with Gasteiger partial charge in [0.25, 0.3) is 0 Å². The third-order valence-corrected chi connectivity index (χ3v) is 6.20. The van der Waals surface area contributed by atoms with E-state index in [2.05, 4.69) is 31.3 Å². The molecule has 0 spiro atoms. The molecule has 0 amide bonds. The molecule has 1 fully saturated rings.